The number of aromatic nitrogens is 1. The number of carbonyl (C=O) groups is 4. The van der Waals surface area contributed by atoms with E-state index in [0.717, 1.165) is 0 Å². The molecule has 182 valence electrons. The molecule has 0 aliphatic carbocycles. The van der Waals surface area contributed by atoms with E-state index < -0.39 is 30.2 Å². The molecule has 1 aliphatic rings. The summed E-state index contributed by atoms with van der Waals surface area (Å²) in [7, 11) is 0. The van der Waals surface area contributed by atoms with Gasteiger partial charge in [-0.25, -0.2) is 4.98 Å². The summed E-state index contributed by atoms with van der Waals surface area (Å²) in [5.74, 6) is -2.33. The van der Waals surface area contributed by atoms with Gasteiger partial charge in [0.05, 0.1) is 42.6 Å². The lowest BCUT2D eigenvalue weighted by Gasteiger charge is -2.25. The van der Waals surface area contributed by atoms with Crippen molar-refractivity contribution in [2.24, 2.45) is 0 Å². The minimum Gasteiger partial charge on any atom is -0.378 e. The predicted molar refractivity (Wildman–Crippen MR) is 127 cm³/mol. The van der Waals surface area contributed by atoms with Gasteiger partial charge in [-0.05, 0) is 25.1 Å². The molecule has 1 fully saturated rings. The number of benzene rings is 1. The van der Waals surface area contributed by atoms with Crippen LogP contribution in [-0.4, -0.2) is 68.0 Å². The zero-order valence-corrected chi connectivity index (χ0v) is 20.4. The number of amides is 4. The van der Waals surface area contributed by atoms with Gasteiger partial charge in [0.15, 0.2) is 5.13 Å². The molecule has 4 amide bonds. The van der Waals surface area contributed by atoms with Gasteiger partial charge in [0.25, 0.3) is 17.7 Å². The summed E-state index contributed by atoms with van der Waals surface area (Å²) in [5.41, 5.74) is 5.24. The van der Waals surface area contributed by atoms with E-state index in [1.807, 2.05) is 4.90 Å². The highest BCUT2D eigenvalue weighted by atomic mass is 35.5. The van der Waals surface area contributed by atoms with Crippen molar-refractivity contribution in [3.8, 4) is 0 Å². The third-order valence-corrected chi connectivity index (χ3v) is 6.38. The Hall–Kier alpha value is -2.93. The van der Waals surface area contributed by atoms with Gasteiger partial charge in [-0.1, -0.05) is 34.5 Å². The first-order valence-electron chi connectivity index (χ1n) is 10.1. The van der Waals surface area contributed by atoms with Crippen LogP contribution in [0.3, 0.4) is 0 Å². The normalized spacial score (nSPS) is 13.2. The first-order valence-corrected chi connectivity index (χ1v) is 11.7. The second-order valence-electron chi connectivity index (χ2n) is 7.10. The molecule has 1 aromatic heterocycles. The first kappa shape index (κ1) is 25.7. The number of nitrogens with zero attached hydrogens (tertiary/aromatic N) is 2. The van der Waals surface area contributed by atoms with Crippen molar-refractivity contribution < 1.29 is 23.9 Å². The summed E-state index contributed by atoms with van der Waals surface area (Å²) in [4.78, 5) is 55.2. The maximum Gasteiger partial charge on any atom is 0.281 e. The predicted octanol–water partition coefficient (Wildman–Crippen LogP) is 0.902. The fraction of sp³-hybridized carbons (Fsp3) is 0.350. The van der Waals surface area contributed by atoms with Crippen molar-refractivity contribution >= 4 is 63.3 Å². The lowest BCUT2D eigenvalue weighted by atomic mass is 10.2. The Morgan fingerprint density at radius 1 is 1.03 bits per heavy atom. The van der Waals surface area contributed by atoms with Gasteiger partial charge in [-0.3, -0.25) is 30.0 Å². The Morgan fingerprint density at radius 3 is 2.44 bits per heavy atom. The van der Waals surface area contributed by atoms with E-state index in [0.29, 0.717) is 47.0 Å². The number of nitrogens with one attached hydrogen (secondary N) is 4. The number of hydrogen-bond donors (Lipinski definition) is 4. The molecule has 4 N–H and O–H groups in total. The fourth-order valence-corrected chi connectivity index (χ4v) is 4.39. The van der Waals surface area contributed by atoms with E-state index in [1.54, 1.807) is 6.92 Å². The highest BCUT2D eigenvalue weighted by molar-refractivity contribution is 7.17. The topological polar surface area (TPSA) is 142 Å². The van der Waals surface area contributed by atoms with Crippen molar-refractivity contribution in [1.82, 2.24) is 26.5 Å². The van der Waals surface area contributed by atoms with Crippen molar-refractivity contribution in [2.75, 3.05) is 44.3 Å². The first-order chi connectivity index (χ1) is 16.2. The molecule has 0 radical (unpaired) electrons. The Morgan fingerprint density at radius 2 is 1.74 bits per heavy atom. The quantitative estimate of drug-likeness (QED) is 0.391. The SMILES string of the molecule is Cc1nc(N2CCOCC2)sc1C(=O)NNC(=O)CNC(=O)CNC(=O)c1ccc(Cl)cc1Cl. The van der Waals surface area contributed by atoms with Crippen LogP contribution < -0.4 is 26.4 Å². The molecule has 1 aliphatic heterocycles. The molecule has 14 heteroatoms. The van der Waals surface area contributed by atoms with Crippen molar-refractivity contribution in [3.63, 3.8) is 0 Å². The molecule has 1 saturated heterocycles. The number of carbonyl (C=O) groups excluding carboxylic acids is 4. The molecular formula is C20H22Cl2N6O5S. The molecule has 2 heterocycles. The lowest BCUT2D eigenvalue weighted by Crippen LogP contribution is -2.47. The third kappa shape index (κ3) is 7.03. The largest absolute Gasteiger partial charge is 0.378 e. The molecule has 2 aromatic rings. The molecule has 0 bridgehead atoms. The van der Waals surface area contributed by atoms with Gasteiger partial charge in [-0.2, -0.15) is 0 Å². The van der Waals surface area contributed by atoms with Gasteiger partial charge >= 0.3 is 0 Å². The minimum absolute atomic E-state index is 0.147. The number of halogens is 2. The number of rotatable bonds is 7. The molecule has 3 rings (SSSR count). The van der Waals surface area contributed by atoms with Crippen LogP contribution in [0.25, 0.3) is 0 Å². The monoisotopic (exact) mass is 528 g/mol. The van der Waals surface area contributed by atoms with Crippen LogP contribution in [-0.2, 0) is 14.3 Å². The number of ether oxygens (including phenoxy) is 1. The molecule has 1 aromatic carbocycles. The Kier molecular flexibility index (Phi) is 9.05. The number of thiazole rings is 1. The zero-order chi connectivity index (χ0) is 24.7. The van der Waals surface area contributed by atoms with Crippen molar-refractivity contribution in [1.29, 1.82) is 0 Å². The van der Waals surface area contributed by atoms with Gasteiger partial charge in [0, 0.05) is 18.1 Å². The number of hydrazine groups is 1. The Bertz CT molecular complexity index is 1090. The number of hydrogen-bond acceptors (Lipinski definition) is 8. The molecular weight excluding hydrogens is 507 g/mol. The maximum atomic E-state index is 12.4. The van der Waals surface area contributed by atoms with Crippen LogP contribution in [0.15, 0.2) is 18.2 Å². The molecule has 34 heavy (non-hydrogen) atoms. The minimum atomic E-state index is -0.649. The van der Waals surface area contributed by atoms with Crippen LogP contribution in [0, 0.1) is 6.92 Å². The fourth-order valence-electron chi connectivity index (χ4n) is 2.88. The van der Waals surface area contributed by atoms with Gasteiger partial charge in [0.1, 0.15) is 4.88 Å². The van der Waals surface area contributed by atoms with E-state index >= 15 is 0 Å². The van der Waals surface area contributed by atoms with Gasteiger partial charge < -0.3 is 20.3 Å². The molecule has 0 saturated carbocycles. The number of anilines is 1. The summed E-state index contributed by atoms with van der Waals surface area (Å²) in [6, 6.07) is 4.34. The van der Waals surface area contributed by atoms with Gasteiger partial charge in [-0.15, -0.1) is 0 Å². The van der Waals surface area contributed by atoms with E-state index in [1.165, 1.54) is 29.5 Å². The summed E-state index contributed by atoms with van der Waals surface area (Å²) in [6.45, 7) is 3.51. The average molecular weight is 529 g/mol. The zero-order valence-electron chi connectivity index (χ0n) is 18.1. The van der Waals surface area contributed by atoms with Crippen LogP contribution >= 0.6 is 34.5 Å². The smallest absolute Gasteiger partial charge is 0.281 e. The van der Waals surface area contributed by atoms with E-state index in [2.05, 4.69) is 26.5 Å². The number of morpholine rings is 1. The standard InChI is InChI=1S/C20H22Cl2N6O5S/c1-11-17(34-20(25-11)28-4-6-33-7-5-28)19(32)27-26-16(30)10-23-15(29)9-24-18(31)13-3-2-12(21)8-14(13)22/h2-3,8H,4-7,9-10H2,1H3,(H,23,29)(H,24,31)(H,26,30)(H,27,32). The second kappa shape index (κ2) is 12.0. The van der Waals surface area contributed by atoms with Crippen LogP contribution in [0.1, 0.15) is 25.7 Å². The summed E-state index contributed by atoms with van der Waals surface area (Å²) in [6.07, 6.45) is 0. The highest BCUT2D eigenvalue weighted by Gasteiger charge is 2.21. The number of aryl methyl sites for hydroxylation is 1. The summed E-state index contributed by atoms with van der Waals surface area (Å²) in [5, 5.41) is 5.97. The van der Waals surface area contributed by atoms with Gasteiger partial charge in [0.2, 0.25) is 5.91 Å². The lowest BCUT2D eigenvalue weighted by molar-refractivity contribution is -0.125. The highest BCUT2D eigenvalue weighted by Crippen LogP contribution is 2.26. The molecule has 0 atom stereocenters. The molecule has 0 unspecified atom stereocenters. The molecule has 0 spiro atoms. The maximum absolute atomic E-state index is 12.4. The van der Waals surface area contributed by atoms with Crippen molar-refractivity contribution in [3.05, 3.63) is 44.4 Å². The van der Waals surface area contributed by atoms with E-state index in [9.17, 15) is 19.2 Å². The summed E-state index contributed by atoms with van der Waals surface area (Å²) < 4.78 is 5.31. The average Bonchev–Trinajstić information content (AvgIpc) is 3.22. The van der Waals surface area contributed by atoms with E-state index in [-0.39, 0.29) is 17.1 Å². The summed E-state index contributed by atoms with van der Waals surface area (Å²) >= 11 is 13.0. The van der Waals surface area contributed by atoms with Crippen LogP contribution in [0.5, 0.6) is 0 Å². The Balaban J connectivity index is 1.39. The van der Waals surface area contributed by atoms with E-state index in [4.69, 9.17) is 27.9 Å². The van der Waals surface area contributed by atoms with Crippen LogP contribution in [0.2, 0.25) is 10.0 Å². The Labute approximate surface area is 209 Å². The van der Waals surface area contributed by atoms with Crippen LogP contribution in [0.4, 0.5) is 5.13 Å². The van der Waals surface area contributed by atoms with Crippen molar-refractivity contribution in [2.45, 2.75) is 6.92 Å². The third-order valence-electron chi connectivity index (χ3n) is 4.62. The molecule has 11 nitrogen and oxygen atoms in total. The second-order valence-corrected chi connectivity index (χ2v) is 8.92.